The molecule has 2 heterocycles. The van der Waals surface area contributed by atoms with Gasteiger partial charge in [0.2, 0.25) is 0 Å². The lowest BCUT2D eigenvalue weighted by Gasteiger charge is -2.40. The van der Waals surface area contributed by atoms with Crippen LogP contribution in [0.4, 0.5) is 0 Å². The van der Waals surface area contributed by atoms with Crippen LogP contribution in [0.25, 0.3) is 0 Å². The first-order valence-electron chi connectivity index (χ1n) is 7.94. The van der Waals surface area contributed by atoms with Gasteiger partial charge in [0.05, 0.1) is 19.3 Å². The zero-order chi connectivity index (χ0) is 16.2. The van der Waals surface area contributed by atoms with E-state index in [0.717, 1.165) is 12.8 Å². The van der Waals surface area contributed by atoms with Crippen molar-refractivity contribution in [2.75, 3.05) is 34.0 Å². The number of benzene rings is 1. The van der Waals surface area contributed by atoms with E-state index < -0.39 is 0 Å². The Balaban J connectivity index is 1.62. The highest BCUT2D eigenvalue weighted by Crippen LogP contribution is 2.31. The second-order valence-electron chi connectivity index (χ2n) is 5.78. The first kappa shape index (κ1) is 16.1. The summed E-state index contributed by atoms with van der Waals surface area (Å²) in [6, 6.07) is 7.41. The van der Waals surface area contributed by atoms with Gasteiger partial charge in [0.25, 0.3) is 5.91 Å². The first-order valence-corrected chi connectivity index (χ1v) is 7.94. The van der Waals surface area contributed by atoms with Gasteiger partial charge < -0.3 is 23.8 Å². The number of carbonyl (C=O) groups excluding carboxylic acids is 1. The molecule has 2 aliphatic rings. The van der Waals surface area contributed by atoms with E-state index >= 15 is 0 Å². The number of rotatable bonds is 5. The Labute approximate surface area is 136 Å². The fraction of sp³-hybridized carbons (Fsp3) is 0.588. The molecular formula is C17H23NO5. The normalized spacial score (nSPS) is 26.7. The van der Waals surface area contributed by atoms with E-state index in [2.05, 4.69) is 0 Å². The van der Waals surface area contributed by atoms with E-state index in [-0.39, 0.29) is 30.8 Å². The standard InChI is InChI=1S/C17H23NO5/c1-20-13-5-3-4-6-14(13)23-11-16(19)18-9-7-15(21-2)17-12(18)8-10-22-17/h3-6,12,15,17H,7-11H2,1-2H3/t12-,15-,17-/m1/s1. The Morgan fingerprint density at radius 3 is 2.78 bits per heavy atom. The summed E-state index contributed by atoms with van der Waals surface area (Å²) in [7, 11) is 3.28. The molecule has 0 bridgehead atoms. The van der Waals surface area contributed by atoms with Crippen molar-refractivity contribution in [1.29, 1.82) is 0 Å². The van der Waals surface area contributed by atoms with Gasteiger partial charge in [-0.05, 0) is 25.0 Å². The fourth-order valence-electron chi connectivity index (χ4n) is 3.41. The molecule has 3 atom stereocenters. The third-order valence-corrected chi connectivity index (χ3v) is 4.57. The quantitative estimate of drug-likeness (QED) is 0.822. The number of ether oxygens (including phenoxy) is 4. The summed E-state index contributed by atoms with van der Waals surface area (Å²) in [6.07, 6.45) is 1.69. The minimum Gasteiger partial charge on any atom is -0.493 e. The summed E-state index contributed by atoms with van der Waals surface area (Å²) in [5.74, 6) is 1.18. The third kappa shape index (κ3) is 3.28. The number of hydrogen-bond donors (Lipinski definition) is 0. The number of methoxy groups -OCH3 is 2. The molecule has 0 aliphatic carbocycles. The van der Waals surface area contributed by atoms with E-state index in [4.69, 9.17) is 18.9 Å². The number of fused-ring (bicyclic) bond motifs is 1. The summed E-state index contributed by atoms with van der Waals surface area (Å²) >= 11 is 0. The van der Waals surface area contributed by atoms with Crippen LogP contribution >= 0.6 is 0 Å². The molecule has 2 fully saturated rings. The fourth-order valence-corrected chi connectivity index (χ4v) is 3.41. The lowest BCUT2D eigenvalue weighted by Crippen LogP contribution is -2.56. The Morgan fingerprint density at radius 1 is 1.26 bits per heavy atom. The molecule has 0 saturated carbocycles. The molecule has 2 saturated heterocycles. The molecule has 1 amide bonds. The lowest BCUT2D eigenvalue weighted by atomic mass is 9.95. The maximum Gasteiger partial charge on any atom is 0.260 e. The molecule has 0 N–H and O–H groups in total. The van der Waals surface area contributed by atoms with Gasteiger partial charge in [-0.2, -0.15) is 0 Å². The summed E-state index contributed by atoms with van der Waals surface area (Å²) in [5.41, 5.74) is 0. The van der Waals surface area contributed by atoms with Crippen LogP contribution in [0.15, 0.2) is 24.3 Å². The zero-order valence-corrected chi connectivity index (χ0v) is 13.6. The van der Waals surface area contributed by atoms with Gasteiger partial charge in [-0.25, -0.2) is 0 Å². The second-order valence-corrected chi connectivity index (χ2v) is 5.78. The number of amides is 1. The molecule has 23 heavy (non-hydrogen) atoms. The van der Waals surface area contributed by atoms with Gasteiger partial charge >= 0.3 is 0 Å². The number of hydrogen-bond acceptors (Lipinski definition) is 5. The van der Waals surface area contributed by atoms with Crippen LogP contribution in [-0.4, -0.2) is 63.0 Å². The predicted molar refractivity (Wildman–Crippen MR) is 83.8 cm³/mol. The first-order chi connectivity index (χ1) is 11.2. The molecule has 6 nitrogen and oxygen atoms in total. The smallest absolute Gasteiger partial charge is 0.260 e. The van der Waals surface area contributed by atoms with Crippen molar-refractivity contribution in [3.63, 3.8) is 0 Å². The van der Waals surface area contributed by atoms with Crippen molar-refractivity contribution in [2.45, 2.75) is 31.1 Å². The summed E-state index contributed by atoms with van der Waals surface area (Å²) in [4.78, 5) is 14.5. The van der Waals surface area contributed by atoms with Gasteiger partial charge in [-0.1, -0.05) is 12.1 Å². The van der Waals surface area contributed by atoms with E-state index in [1.807, 2.05) is 23.1 Å². The third-order valence-electron chi connectivity index (χ3n) is 4.57. The van der Waals surface area contributed by atoms with Crippen LogP contribution in [-0.2, 0) is 14.3 Å². The Bertz CT molecular complexity index is 550. The van der Waals surface area contributed by atoms with Gasteiger partial charge in [-0.3, -0.25) is 4.79 Å². The minimum atomic E-state index is -0.0241. The van der Waals surface area contributed by atoms with Crippen molar-refractivity contribution in [1.82, 2.24) is 4.90 Å². The average Bonchev–Trinajstić information content (AvgIpc) is 3.08. The van der Waals surface area contributed by atoms with Crippen LogP contribution in [0.5, 0.6) is 11.5 Å². The summed E-state index contributed by atoms with van der Waals surface area (Å²) in [6.45, 7) is 1.35. The number of nitrogens with zero attached hydrogens (tertiary/aromatic N) is 1. The number of para-hydroxylation sites is 2. The van der Waals surface area contributed by atoms with E-state index in [1.165, 1.54) is 0 Å². The molecule has 0 radical (unpaired) electrons. The lowest BCUT2D eigenvalue weighted by molar-refractivity contribution is -0.145. The van der Waals surface area contributed by atoms with Crippen LogP contribution in [0, 0.1) is 0 Å². The van der Waals surface area contributed by atoms with Crippen molar-refractivity contribution >= 4 is 5.91 Å². The Morgan fingerprint density at radius 2 is 2.04 bits per heavy atom. The maximum atomic E-state index is 12.6. The molecule has 6 heteroatoms. The highest BCUT2D eigenvalue weighted by molar-refractivity contribution is 5.78. The Kier molecular flexibility index (Phi) is 5.03. The molecule has 0 unspecified atom stereocenters. The molecule has 2 aliphatic heterocycles. The molecular weight excluding hydrogens is 298 g/mol. The Hall–Kier alpha value is -1.79. The number of piperidine rings is 1. The summed E-state index contributed by atoms with van der Waals surface area (Å²) < 4.78 is 22.1. The van der Waals surface area contributed by atoms with Gasteiger partial charge in [0.15, 0.2) is 18.1 Å². The molecule has 0 spiro atoms. The largest absolute Gasteiger partial charge is 0.493 e. The number of likely N-dealkylation sites (tertiary alicyclic amines) is 1. The van der Waals surface area contributed by atoms with E-state index in [0.29, 0.717) is 24.7 Å². The van der Waals surface area contributed by atoms with E-state index in [1.54, 1.807) is 20.3 Å². The van der Waals surface area contributed by atoms with E-state index in [9.17, 15) is 4.79 Å². The van der Waals surface area contributed by atoms with Crippen LogP contribution in [0.3, 0.4) is 0 Å². The summed E-state index contributed by atoms with van der Waals surface area (Å²) in [5, 5.41) is 0. The molecule has 126 valence electrons. The predicted octanol–water partition coefficient (Wildman–Crippen LogP) is 1.48. The van der Waals surface area contributed by atoms with Crippen molar-refractivity contribution in [2.24, 2.45) is 0 Å². The van der Waals surface area contributed by atoms with Gasteiger partial charge in [-0.15, -0.1) is 0 Å². The van der Waals surface area contributed by atoms with Crippen LogP contribution < -0.4 is 9.47 Å². The topological polar surface area (TPSA) is 57.2 Å². The van der Waals surface area contributed by atoms with Crippen LogP contribution in [0.2, 0.25) is 0 Å². The van der Waals surface area contributed by atoms with Crippen molar-refractivity contribution < 1.29 is 23.7 Å². The van der Waals surface area contributed by atoms with Gasteiger partial charge in [0.1, 0.15) is 6.10 Å². The molecule has 1 aromatic carbocycles. The molecule has 0 aromatic heterocycles. The molecule has 1 aromatic rings. The maximum absolute atomic E-state index is 12.6. The van der Waals surface area contributed by atoms with Crippen molar-refractivity contribution in [3.8, 4) is 11.5 Å². The zero-order valence-electron chi connectivity index (χ0n) is 13.6. The van der Waals surface area contributed by atoms with Gasteiger partial charge in [0, 0.05) is 20.3 Å². The SMILES string of the molecule is COc1ccccc1OCC(=O)N1CC[C@@H](OC)[C@@H]2OCC[C@H]21. The highest BCUT2D eigenvalue weighted by Gasteiger charge is 2.44. The molecule has 3 rings (SSSR count). The highest BCUT2D eigenvalue weighted by atomic mass is 16.5. The van der Waals surface area contributed by atoms with Crippen LogP contribution in [0.1, 0.15) is 12.8 Å². The number of carbonyl (C=O) groups is 1. The minimum absolute atomic E-state index is 0.00123. The monoisotopic (exact) mass is 321 g/mol. The second kappa shape index (κ2) is 7.19. The van der Waals surface area contributed by atoms with Crippen molar-refractivity contribution in [3.05, 3.63) is 24.3 Å². The average molecular weight is 321 g/mol.